The van der Waals surface area contributed by atoms with E-state index in [1.54, 1.807) is 23.1 Å². The molecule has 1 atom stereocenters. The second kappa shape index (κ2) is 7.56. The van der Waals surface area contributed by atoms with Gasteiger partial charge in [-0.15, -0.1) is 0 Å². The zero-order valence-electron chi connectivity index (χ0n) is 15.8. The van der Waals surface area contributed by atoms with Gasteiger partial charge in [0.25, 0.3) is 5.91 Å². The van der Waals surface area contributed by atoms with E-state index in [4.69, 9.17) is 4.42 Å². The van der Waals surface area contributed by atoms with Gasteiger partial charge in [-0.2, -0.15) is 5.10 Å². The molecule has 0 aliphatic carbocycles. The minimum absolute atomic E-state index is 0.123. The average molecular weight is 371 g/mol. The summed E-state index contributed by atoms with van der Waals surface area (Å²) in [6.45, 7) is 3.98. The van der Waals surface area contributed by atoms with Crippen LogP contribution in [0.1, 0.15) is 34.6 Å². The van der Waals surface area contributed by atoms with E-state index in [-0.39, 0.29) is 11.9 Å². The Morgan fingerprint density at radius 2 is 1.86 bits per heavy atom. The molecule has 0 saturated carbocycles. The third kappa shape index (κ3) is 3.60. The minimum Gasteiger partial charge on any atom is -0.463 e. The van der Waals surface area contributed by atoms with Gasteiger partial charge in [-0.1, -0.05) is 42.5 Å². The van der Waals surface area contributed by atoms with Crippen molar-refractivity contribution in [1.82, 2.24) is 15.1 Å². The molecule has 0 fully saturated rings. The lowest BCUT2D eigenvalue weighted by atomic mass is 10.1. The van der Waals surface area contributed by atoms with Crippen LogP contribution in [0.5, 0.6) is 0 Å². The van der Waals surface area contributed by atoms with Crippen molar-refractivity contribution in [2.24, 2.45) is 0 Å². The van der Waals surface area contributed by atoms with Gasteiger partial charge in [0, 0.05) is 6.07 Å². The summed E-state index contributed by atoms with van der Waals surface area (Å²) >= 11 is 0. The van der Waals surface area contributed by atoms with Crippen molar-refractivity contribution in [3.63, 3.8) is 0 Å². The topological polar surface area (TPSA) is 60.1 Å². The highest BCUT2D eigenvalue weighted by Gasteiger charge is 2.20. The molecule has 2 aromatic heterocycles. The van der Waals surface area contributed by atoms with Gasteiger partial charge in [0.05, 0.1) is 18.0 Å². The summed E-state index contributed by atoms with van der Waals surface area (Å²) in [5, 5.41) is 7.69. The van der Waals surface area contributed by atoms with E-state index in [1.165, 1.54) is 0 Å². The van der Waals surface area contributed by atoms with E-state index in [0.29, 0.717) is 17.1 Å². The van der Waals surface area contributed by atoms with Gasteiger partial charge < -0.3 is 9.73 Å². The van der Waals surface area contributed by atoms with Crippen LogP contribution in [0.4, 0.5) is 0 Å². The zero-order valence-corrected chi connectivity index (χ0v) is 15.8. The molecule has 0 spiro atoms. The quantitative estimate of drug-likeness (QED) is 0.541. The summed E-state index contributed by atoms with van der Waals surface area (Å²) in [5.74, 6) is 0.430. The standard InChI is InChI=1S/C23H21N3O2/c1-16-8-6-11-19(14-16)26-21(15-20(25-26)22-12-7-13-28-22)23(27)24-17(2)18-9-4-3-5-10-18/h3-15,17H,1-2H3,(H,24,27). The van der Waals surface area contributed by atoms with Crippen LogP contribution in [0.15, 0.2) is 83.5 Å². The number of hydrogen-bond acceptors (Lipinski definition) is 3. The first kappa shape index (κ1) is 17.8. The Labute approximate surface area is 163 Å². The van der Waals surface area contributed by atoms with Gasteiger partial charge in [0.15, 0.2) is 5.76 Å². The smallest absolute Gasteiger partial charge is 0.270 e. The molecule has 28 heavy (non-hydrogen) atoms. The number of nitrogens with zero attached hydrogens (tertiary/aromatic N) is 2. The second-order valence-electron chi connectivity index (χ2n) is 6.75. The highest BCUT2D eigenvalue weighted by atomic mass is 16.3. The number of carbonyl (C=O) groups excluding carboxylic acids is 1. The van der Waals surface area contributed by atoms with Crippen LogP contribution in [0.25, 0.3) is 17.1 Å². The van der Waals surface area contributed by atoms with Crippen LogP contribution in [0.3, 0.4) is 0 Å². The van der Waals surface area contributed by atoms with Crippen LogP contribution < -0.4 is 5.32 Å². The van der Waals surface area contributed by atoms with Crippen molar-refractivity contribution in [1.29, 1.82) is 0 Å². The molecule has 2 heterocycles. The molecule has 1 N–H and O–H groups in total. The van der Waals surface area contributed by atoms with E-state index in [9.17, 15) is 4.79 Å². The molecule has 140 valence electrons. The third-order valence-electron chi connectivity index (χ3n) is 4.61. The highest BCUT2D eigenvalue weighted by Crippen LogP contribution is 2.23. The number of carbonyl (C=O) groups is 1. The summed E-state index contributed by atoms with van der Waals surface area (Å²) in [7, 11) is 0. The molecule has 1 amide bonds. The van der Waals surface area contributed by atoms with Crippen molar-refractivity contribution in [2.75, 3.05) is 0 Å². The Morgan fingerprint density at radius 1 is 1.04 bits per heavy atom. The molecule has 0 aliphatic rings. The average Bonchev–Trinajstić information content (AvgIpc) is 3.38. The van der Waals surface area contributed by atoms with Crippen molar-refractivity contribution >= 4 is 5.91 Å². The number of amides is 1. The Kier molecular flexibility index (Phi) is 4.81. The monoisotopic (exact) mass is 371 g/mol. The van der Waals surface area contributed by atoms with Crippen LogP contribution in [0, 0.1) is 6.92 Å². The third-order valence-corrected chi connectivity index (χ3v) is 4.61. The number of aryl methyl sites for hydroxylation is 1. The molecule has 1 unspecified atom stereocenters. The molecule has 0 aliphatic heterocycles. The molecule has 4 rings (SSSR count). The lowest BCUT2D eigenvalue weighted by Crippen LogP contribution is -2.28. The van der Waals surface area contributed by atoms with Crippen molar-refractivity contribution < 1.29 is 9.21 Å². The van der Waals surface area contributed by atoms with Gasteiger partial charge in [0.2, 0.25) is 0 Å². The number of aromatic nitrogens is 2. The largest absolute Gasteiger partial charge is 0.463 e. The molecular weight excluding hydrogens is 350 g/mol. The number of rotatable bonds is 5. The van der Waals surface area contributed by atoms with Gasteiger partial charge in [0.1, 0.15) is 11.4 Å². The molecule has 0 saturated heterocycles. The van der Waals surface area contributed by atoms with Crippen LogP contribution in [-0.2, 0) is 0 Å². The van der Waals surface area contributed by atoms with Crippen LogP contribution in [-0.4, -0.2) is 15.7 Å². The SMILES string of the molecule is Cc1cccc(-n2nc(-c3ccco3)cc2C(=O)NC(C)c2ccccc2)c1. The van der Waals surface area contributed by atoms with Gasteiger partial charge >= 0.3 is 0 Å². The van der Waals surface area contributed by atoms with E-state index >= 15 is 0 Å². The molecule has 0 radical (unpaired) electrons. The lowest BCUT2D eigenvalue weighted by molar-refractivity contribution is 0.0932. The Bertz CT molecular complexity index is 1080. The van der Waals surface area contributed by atoms with Crippen molar-refractivity contribution in [3.8, 4) is 17.1 Å². The van der Waals surface area contributed by atoms with Gasteiger partial charge in [-0.05, 0) is 49.2 Å². The summed E-state index contributed by atoms with van der Waals surface area (Å²) in [6.07, 6.45) is 1.60. The van der Waals surface area contributed by atoms with Crippen molar-refractivity contribution in [2.45, 2.75) is 19.9 Å². The number of hydrogen-bond donors (Lipinski definition) is 1. The molecule has 4 aromatic rings. The summed E-state index contributed by atoms with van der Waals surface area (Å²) < 4.78 is 7.13. The van der Waals surface area contributed by atoms with E-state index < -0.39 is 0 Å². The summed E-state index contributed by atoms with van der Waals surface area (Å²) in [4.78, 5) is 13.1. The zero-order chi connectivity index (χ0) is 19.5. The molecule has 5 nitrogen and oxygen atoms in total. The van der Waals surface area contributed by atoms with Crippen molar-refractivity contribution in [3.05, 3.63) is 95.9 Å². The van der Waals surface area contributed by atoms with E-state index in [2.05, 4.69) is 10.4 Å². The highest BCUT2D eigenvalue weighted by molar-refractivity contribution is 5.94. The first-order valence-electron chi connectivity index (χ1n) is 9.18. The fourth-order valence-corrected chi connectivity index (χ4v) is 3.14. The fraction of sp³-hybridized carbons (Fsp3) is 0.130. The van der Waals surface area contributed by atoms with Crippen LogP contribution in [0.2, 0.25) is 0 Å². The first-order valence-corrected chi connectivity index (χ1v) is 9.18. The predicted molar refractivity (Wildman–Crippen MR) is 108 cm³/mol. The predicted octanol–water partition coefficient (Wildman–Crippen LogP) is 4.93. The minimum atomic E-state index is -0.192. The Hall–Kier alpha value is -3.60. The van der Waals surface area contributed by atoms with Gasteiger partial charge in [-0.3, -0.25) is 4.79 Å². The van der Waals surface area contributed by atoms with Gasteiger partial charge in [-0.25, -0.2) is 4.68 Å². The first-order chi connectivity index (χ1) is 13.6. The lowest BCUT2D eigenvalue weighted by Gasteiger charge is -2.15. The van der Waals surface area contributed by atoms with Crippen LogP contribution >= 0.6 is 0 Å². The van der Waals surface area contributed by atoms with E-state index in [0.717, 1.165) is 16.8 Å². The summed E-state index contributed by atoms with van der Waals surface area (Å²) in [5.41, 5.74) is 4.04. The van der Waals surface area contributed by atoms with E-state index in [1.807, 2.05) is 74.5 Å². The molecular formula is C23H21N3O2. The molecule has 5 heteroatoms. The molecule has 0 bridgehead atoms. The maximum absolute atomic E-state index is 13.1. The number of furan rings is 1. The maximum atomic E-state index is 13.1. The Balaban J connectivity index is 1.71. The Morgan fingerprint density at radius 3 is 2.57 bits per heavy atom. The molecule has 2 aromatic carbocycles. The fourth-order valence-electron chi connectivity index (χ4n) is 3.14. The summed E-state index contributed by atoms with van der Waals surface area (Å²) in [6, 6.07) is 23.0. The number of benzene rings is 2. The second-order valence-corrected chi connectivity index (χ2v) is 6.75. The maximum Gasteiger partial charge on any atom is 0.270 e. The number of nitrogens with one attached hydrogen (secondary N) is 1. The normalized spacial score (nSPS) is 11.9.